The van der Waals surface area contributed by atoms with Crippen molar-refractivity contribution in [1.82, 2.24) is 20.1 Å². The van der Waals surface area contributed by atoms with E-state index in [1.165, 1.54) is 0 Å². The molecule has 90 valence electrons. The molecule has 6 nitrogen and oxygen atoms in total. The molecule has 0 atom stereocenters. The van der Waals surface area contributed by atoms with Crippen LogP contribution in [0.4, 0.5) is 0 Å². The van der Waals surface area contributed by atoms with Gasteiger partial charge in [0, 0.05) is 12.4 Å². The molecule has 0 aliphatic heterocycles. The maximum Gasteiger partial charge on any atom is 0.278 e. The molecule has 0 unspecified atom stereocenters. The summed E-state index contributed by atoms with van der Waals surface area (Å²) in [5.41, 5.74) is 6.27. The summed E-state index contributed by atoms with van der Waals surface area (Å²) >= 11 is 0. The van der Waals surface area contributed by atoms with E-state index in [9.17, 15) is 0 Å². The van der Waals surface area contributed by atoms with E-state index < -0.39 is 5.54 Å². The summed E-state index contributed by atoms with van der Waals surface area (Å²) < 4.78 is 5.13. The molecule has 1 aliphatic rings. The topological polar surface area (TPSA) is 90.7 Å². The van der Waals surface area contributed by atoms with E-state index >= 15 is 0 Å². The second kappa shape index (κ2) is 4.38. The molecule has 0 radical (unpaired) electrons. The van der Waals surface area contributed by atoms with Crippen molar-refractivity contribution in [3.05, 3.63) is 24.4 Å². The number of rotatable bonds is 2. The number of aromatic nitrogens is 4. The van der Waals surface area contributed by atoms with E-state index in [4.69, 9.17) is 10.3 Å². The largest absolute Gasteiger partial charge is 0.332 e. The van der Waals surface area contributed by atoms with Gasteiger partial charge in [-0.2, -0.15) is 4.98 Å². The maximum atomic E-state index is 6.09. The molecule has 3 rings (SSSR count). The second-order valence-corrected chi connectivity index (χ2v) is 4.02. The number of hydrogen-bond donors (Lipinski definition) is 1. The van der Waals surface area contributed by atoms with E-state index in [1.807, 2.05) is 0 Å². The Bertz CT molecular complexity index is 496. The van der Waals surface area contributed by atoms with Crippen molar-refractivity contribution in [1.29, 1.82) is 0 Å². The van der Waals surface area contributed by atoms with Crippen LogP contribution in [-0.4, -0.2) is 20.1 Å². The fourth-order valence-electron chi connectivity index (χ4n) is 1.72. The van der Waals surface area contributed by atoms with Crippen molar-refractivity contribution >= 4 is 12.4 Å². The molecule has 0 spiro atoms. The van der Waals surface area contributed by atoms with Crippen LogP contribution in [0.5, 0.6) is 0 Å². The molecular weight excluding hydrogens is 242 g/mol. The van der Waals surface area contributed by atoms with Gasteiger partial charge in [0.1, 0.15) is 5.69 Å². The van der Waals surface area contributed by atoms with Gasteiger partial charge in [0.25, 0.3) is 5.89 Å². The third-order valence-corrected chi connectivity index (χ3v) is 2.90. The van der Waals surface area contributed by atoms with Gasteiger partial charge in [-0.3, -0.25) is 4.98 Å². The van der Waals surface area contributed by atoms with Gasteiger partial charge in [-0.1, -0.05) is 5.16 Å². The molecule has 1 aliphatic carbocycles. The van der Waals surface area contributed by atoms with E-state index in [2.05, 4.69) is 20.1 Å². The first-order valence-corrected chi connectivity index (χ1v) is 5.17. The van der Waals surface area contributed by atoms with Crippen LogP contribution in [-0.2, 0) is 5.54 Å². The van der Waals surface area contributed by atoms with Crippen molar-refractivity contribution in [2.45, 2.75) is 24.8 Å². The fraction of sp³-hybridized carbons (Fsp3) is 0.400. The molecule has 2 N–H and O–H groups in total. The zero-order valence-corrected chi connectivity index (χ0v) is 9.85. The molecule has 0 saturated heterocycles. The maximum absolute atomic E-state index is 6.09. The average molecular weight is 254 g/mol. The van der Waals surface area contributed by atoms with Gasteiger partial charge in [0.2, 0.25) is 0 Å². The molecule has 1 fully saturated rings. The molecule has 1 saturated carbocycles. The third kappa shape index (κ3) is 2.01. The standard InChI is InChI=1S/C10H11N5O.ClH/c11-10(2-1-3-10)9-14-8(16-15-9)7-6-12-4-5-13-7;/h4-6H,1-3,11H2;1H. The normalized spacial score (nSPS) is 17.0. The minimum atomic E-state index is -0.399. The Morgan fingerprint density at radius 3 is 2.71 bits per heavy atom. The molecule has 0 aromatic carbocycles. The minimum absolute atomic E-state index is 0. The van der Waals surface area contributed by atoms with Gasteiger partial charge in [0.05, 0.1) is 11.7 Å². The van der Waals surface area contributed by atoms with Crippen molar-refractivity contribution < 1.29 is 4.52 Å². The molecule has 2 aromatic rings. The highest BCUT2D eigenvalue weighted by atomic mass is 35.5. The Labute approximate surface area is 104 Å². The highest BCUT2D eigenvalue weighted by Gasteiger charge is 2.39. The van der Waals surface area contributed by atoms with Crippen molar-refractivity contribution in [3.63, 3.8) is 0 Å². The van der Waals surface area contributed by atoms with Crippen molar-refractivity contribution in [2.75, 3.05) is 0 Å². The van der Waals surface area contributed by atoms with Gasteiger partial charge >= 0.3 is 0 Å². The van der Waals surface area contributed by atoms with Crippen LogP contribution in [0.2, 0.25) is 0 Å². The van der Waals surface area contributed by atoms with E-state index in [0.717, 1.165) is 19.3 Å². The highest BCUT2D eigenvalue weighted by Crippen LogP contribution is 2.37. The quantitative estimate of drug-likeness (QED) is 0.867. The summed E-state index contributed by atoms with van der Waals surface area (Å²) in [6.45, 7) is 0. The molecule has 7 heteroatoms. The SMILES string of the molecule is Cl.NC1(c2noc(-c3cnccn3)n2)CCC1. The third-order valence-electron chi connectivity index (χ3n) is 2.90. The molecule has 2 aromatic heterocycles. The van der Waals surface area contributed by atoms with E-state index in [-0.39, 0.29) is 12.4 Å². The summed E-state index contributed by atoms with van der Waals surface area (Å²) in [7, 11) is 0. The number of nitrogens with zero attached hydrogens (tertiary/aromatic N) is 4. The van der Waals surface area contributed by atoms with Gasteiger partial charge in [-0.15, -0.1) is 12.4 Å². The number of nitrogens with two attached hydrogens (primary N) is 1. The molecule has 17 heavy (non-hydrogen) atoms. The van der Waals surface area contributed by atoms with Crippen molar-refractivity contribution in [2.24, 2.45) is 5.73 Å². The Balaban J connectivity index is 0.00000108. The minimum Gasteiger partial charge on any atom is -0.332 e. The van der Waals surface area contributed by atoms with Crippen LogP contribution in [0.1, 0.15) is 25.1 Å². The molecule has 2 heterocycles. The fourth-order valence-corrected chi connectivity index (χ4v) is 1.72. The monoisotopic (exact) mass is 253 g/mol. The van der Waals surface area contributed by atoms with Crippen LogP contribution in [0, 0.1) is 0 Å². The molecule has 0 amide bonds. The van der Waals surface area contributed by atoms with Gasteiger partial charge in [-0.05, 0) is 19.3 Å². The van der Waals surface area contributed by atoms with Gasteiger partial charge < -0.3 is 10.3 Å². The predicted octanol–water partition coefficient (Wildman–Crippen LogP) is 1.29. The summed E-state index contributed by atoms with van der Waals surface area (Å²) in [6.07, 6.45) is 7.70. The van der Waals surface area contributed by atoms with Crippen LogP contribution in [0.3, 0.4) is 0 Å². The Morgan fingerprint density at radius 2 is 2.12 bits per heavy atom. The first-order valence-electron chi connectivity index (χ1n) is 5.17. The van der Waals surface area contributed by atoms with E-state index in [1.54, 1.807) is 18.6 Å². The van der Waals surface area contributed by atoms with E-state index in [0.29, 0.717) is 17.4 Å². The lowest BCUT2D eigenvalue weighted by molar-refractivity contribution is 0.229. The lowest BCUT2D eigenvalue weighted by Crippen LogP contribution is -2.44. The molecular formula is C10H12ClN5O. The summed E-state index contributed by atoms with van der Waals surface area (Å²) in [5, 5.41) is 3.91. The average Bonchev–Trinajstić information content (AvgIpc) is 2.77. The first-order chi connectivity index (χ1) is 7.78. The first kappa shape index (κ1) is 11.9. The van der Waals surface area contributed by atoms with Crippen LogP contribution in [0.25, 0.3) is 11.6 Å². The Hall–Kier alpha value is -1.53. The van der Waals surface area contributed by atoms with Gasteiger partial charge in [0.15, 0.2) is 5.82 Å². The Morgan fingerprint density at radius 1 is 1.29 bits per heavy atom. The lowest BCUT2D eigenvalue weighted by atomic mass is 9.77. The van der Waals surface area contributed by atoms with Crippen LogP contribution >= 0.6 is 12.4 Å². The smallest absolute Gasteiger partial charge is 0.278 e. The Kier molecular flexibility index (Phi) is 3.08. The zero-order valence-electron chi connectivity index (χ0n) is 9.04. The van der Waals surface area contributed by atoms with Crippen LogP contribution < -0.4 is 5.73 Å². The van der Waals surface area contributed by atoms with Gasteiger partial charge in [-0.25, -0.2) is 4.98 Å². The lowest BCUT2D eigenvalue weighted by Gasteiger charge is -2.34. The number of hydrogen-bond acceptors (Lipinski definition) is 6. The zero-order chi connectivity index (χ0) is 11.0. The number of halogens is 1. The molecule has 0 bridgehead atoms. The van der Waals surface area contributed by atoms with Crippen molar-refractivity contribution in [3.8, 4) is 11.6 Å². The summed E-state index contributed by atoms with van der Waals surface area (Å²) in [4.78, 5) is 12.3. The highest BCUT2D eigenvalue weighted by molar-refractivity contribution is 5.85. The van der Waals surface area contributed by atoms with Crippen LogP contribution in [0.15, 0.2) is 23.1 Å². The summed E-state index contributed by atoms with van der Waals surface area (Å²) in [6, 6.07) is 0. The predicted molar refractivity (Wildman–Crippen MR) is 62.3 cm³/mol. The second-order valence-electron chi connectivity index (χ2n) is 4.02. The summed E-state index contributed by atoms with van der Waals surface area (Å²) in [5.74, 6) is 0.944.